The van der Waals surface area contributed by atoms with Crippen LogP contribution in [0.3, 0.4) is 0 Å². The van der Waals surface area contributed by atoms with Crippen molar-refractivity contribution in [2.24, 2.45) is 0 Å². The monoisotopic (exact) mass is 407 g/mol. The van der Waals surface area contributed by atoms with E-state index in [0.29, 0.717) is 15.6 Å². The van der Waals surface area contributed by atoms with Crippen LogP contribution in [0.25, 0.3) is 6.08 Å². The van der Waals surface area contributed by atoms with Crippen molar-refractivity contribution in [3.8, 4) is 0 Å². The van der Waals surface area contributed by atoms with Gasteiger partial charge in [0.25, 0.3) is 5.91 Å². The Labute approximate surface area is 163 Å². The quantitative estimate of drug-likeness (QED) is 0.599. The van der Waals surface area contributed by atoms with Gasteiger partial charge < -0.3 is 10.6 Å². The molecule has 0 saturated carbocycles. The first-order valence-corrected chi connectivity index (χ1v) is 8.44. The van der Waals surface area contributed by atoms with Gasteiger partial charge in [0.2, 0.25) is 5.91 Å². The number of nitrogens with one attached hydrogen (secondary N) is 2. The van der Waals surface area contributed by atoms with Gasteiger partial charge in [0.05, 0.1) is 15.7 Å². The van der Waals surface area contributed by atoms with Gasteiger partial charge in [0, 0.05) is 0 Å². The summed E-state index contributed by atoms with van der Waals surface area (Å²) >= 11 is 11.8. The standard InChI is InChI=1S/C18H12Cl2FN3O3/c19-11-6-5-10(7-12(11)20)8-15-17(26)24(18(27)23-15)9-16(25)22-14-4-2-1-3-13(14)21/h1-8H,9H2,(H,22,25)(H,23,27)/b15-8+. The van der Waals surface area contributed by atoms with Crippen LogP contribution in [-0.2, 0) is 9.59 Å². The second kappa shape index (κ2) is 7.77. The van der Waals surface area contributed by atoms with E-state index < -0.39 is 30.2 Å². The number of para-hydroxylation sites is 1. The first-order valence-electron chi connectivity index (χ1n) is 7.69. The van der Waals surface area contributed by atoms with Crippen LogP contribution in [0, 0.1) is 5.82 Å². The molecule has 2 aromatic rings. The maximum Gasteiger partial charge on any atom is 0.329 e. The lowest BCUT2D eigenvalue weighted by Crippen LogP contribution is -2.38. The Morgan fingerprint density at radius 2 is 1.89 bits per heavy atom. The Bertz CT molecular complexity index is 978. The summed E-state index contributed by atoms with van der Waals surface area (Å²) in [7, 11) is 0. The fraction of sp³-hybridized carbons (Fsp3) is 0.0556. The molecule has 1 fully saturated rings. The number of hydrogen-bond donors (Lipinski definition) is 2. The van der Waals surface area contributed by atoms with Crippen LogP contribution in [0.2, 0.25) is 10.0 Å². The van der Waals surface area contributed by atoms with Crippen molar-refractivity contribution in [3.05, 3.63) is 69.6 Å². The summed E-state index contributed by atoms with van der Waals surface area (Å²) < 4.78 is 13.6. The average Bonchev–Trinajstić information content (AvgIpc) is 2.88. The van der Waals surface area contributed by atoms with E-state index in [1.54, 1.807) is 18.2 Å². The lowest BCUT2D eigenvalue weighted by atomic mass is 10.2. The van der Waals surface area contributed by atoms with Crippen LogP contribution in [0.15, 0.2) is 48.2 Å². The number of urea groups is 1. The Kier molecular flexibility index (Phi) is 5.43. The van der Waals surface area contributed by atoms with E-state index in [2.05, 4.69) is 10.6 Å². The summed E-state index contributed by atoms with van der Waals surface area (Å²) in [6, 6.07) is 9.52. The van der Waals surface area contributed by atoms with Gasteiger partial charge in [-0.05, 0) is 35.9 Å². The molecule has 1 heterocycles. The van der Waals surface area contributed by atoms with E-state index in [9.17, 15) is 18.8 Å². The SMILES string of the molecule is O=C(CN1C(=O)N/C(=C/c2ccc(Cl)c(Cl)c2)C1=O)Nc1ccccc1F. The molecule has 1 aliphatic heterocycles. The van der Waals surface area contributed by atoms with Crippen LogP contribution in [0.1, 0.15) is 5.56 Å². The second-order valence-corrected chi connectivity index (χ2v) is 6.40. The van der Waals surface area contributed by atoms with Gasteiger partial charge in [-0.15, -0.1) is 0 Å². The van der Waals surface area contributed by atoms with E-state index in [0.717, 1.165) is 4.90 Å². The molecule has 0 spiro atoms. The molecule has 0 radical (unpaired) electrons. The Morgan fingerprint density at radius 3 is 2.59 bits per heavy atom. The molecule has 9 heteroatoms. The molecule has 0 aromatic heterocycles. The number of hydrogen-bond acceptors (Lipinski definition) is 3. The molecule has 1 aliphatic rings. The molecule has 27 heavy (non-hydrogen) atoms. The highest BCUT2D eigenvalue weighted by Crippen LogP contribution is 2.24. The van der Waals surface area contributed by atoms with Gasteiger partial charge in [0.15, 0.2) is 0 Å². The third kappa shape index (κ3) is 4.27. The number of benzene rings is 2. The van der Waals surface area contributed by atoms with Crippen molar-refractivity contribution >= 4 is 52.8 Å². The largest absolute Gasteiger partial charge is 0.329 e. The van der Waals surface area contributed by atoms with Crippen molar-refractivity contribution < 1.29 is 18.8 Å². The van der Waals surface area contributed by atoms with Gasteiger partial charge in [-0.25, -0.2) is 14.1 Å². The van der Waals surface area contributed by atoms with Crippen molar-refractivity contribution in [1.29, 1.82) is 0 Å². The molecule has 0 unspecified atom stereocenters. The molecule has 2 aromatic carbocycles. The van der Waals surface area contributed by atoms with Gasteiger partial charge in [0.1, 0.15) is 18.1 Å². The zero-order valence-electron chi connectivity index (χ0n) is 13.6. The molecule has 1 saturated heterocycles. The Hall–Kier alpha value is -2.90. The summed E-state index contributed by atoms with van der Waals surface area (Å²) in [5.41, 5.74) is 0.490. The van der Waals surface area contributed by atoms with Crippen LogP contribution >= 0.6 is 23.2 Å². The minimum Gasteiger partial charge on any atom is -0.322 e. The number of anilines is 1. The van der Waals surface area contributed by atoms with E-state index in [4.69, 9.17) is 23.2 Å². The van der Waals surface area contributed by atoms with Crippen LogP contribution in [0.4, 0.5) is 14.9 Å². The molecule has 0 aliphatic carbocycles. The van der Waals surface area contributed by atoms with Gasteiger partial charge in [-0.2, -0.15) is 0 Å². The van der Waals surface area contributed by atoms with Gasteiger partial charge in [-0.3, -0.25) is 9.59 Å². The smallest absolute Gasteiger partial charge is 0.322 e. The second-order valence-electron chi connectivity index (χ2n) is 5.58. The third-order valence-electron chi connectivity index (χ3n) is 3.67. The van der Waals surface area contributed by atoms with Crippen LogP contribution in [-0.4, -0.2) is 29.3 Å². The first-order chi connectivity index (χ1) is 12.8. The van der Waals surface area contributed by atoms with E-state index in [1.807, 2.05) is 0 Å². The maximum absolute atomic E-state index is 13.6. The zero-order chi connectivity index (χ0) is 19.6. The lowest BCUT2D eigenvalue weighted by molar-refractivity contribution is -0.127. The topological polar surface area (TPSA) is 78.5 Å². The van der Waals surface area contributed by atoms with Crippen molar-refractivity contribution in [1.82, 2.24) is 10.2 Å². The fourth-order valence-electron chi connectivity index (χ4n) is 2.38. The van der Waals surface area contributed by atoms with Crippen LogP contribution < -0.4 is 10.6 Å². The summed E-state index contributed by atoms with van der Waals surface area (Å²) in [6.45, 7) is -0.558. The molecule has 3 rings (SSSR count). The molecule has 4 amide bonds. The minimum atomic E-state index is -0.755. The van der Waals surface area contributed by atoms with Crippen molar-refractivity contribution in [2.45, 2.75) is 0 Å². The molecular weight excluding hydrogens is 396 g/mol. The number of imide groups is 1. The highest BCUT2D eigenvalue weighted by atomic mass is 35.5. The predicted molar refractivity (Wildman–Crippen MR) is 99.7 cm³/mol. The maximum atomic E-state index is 13.6. The Morgan fingerprint density at radius 1 is 1.15 bits per heavy atom. The summed E-state index contributed by atoms with van der Waals surface area (Å²) in [5, 5.41) is 5.35. The highest BCUT2D eigenvalue weighted by Gasteiger charge is 2.35. The molecule has 6 nitrogen and oxygen atoms in total. The predicted octanol–water partition coefficient (Wildman–Crippen LogP) is 3.66. The third-order valence-corrected chi connectivity index (χ3v) is 4.41. The number of carbonyl (C=O) groups is 3. The van der Waals surface area contributed by atoms with Gasteiger partial charge in [-0.1, -0.05) is 41.4 Å². The van der Waals surface area contributed by atoms with Gasteiger partial charge >= 0.3 is 6.03 Å². The van der Waals surface area contributed by atoms with Crippen molar-refractivity contribution in [3.63, 3.8) is 0 Å². The minimum absolute atomic E-state index is 0.0166. The first kappa shape index (κ1) is 18.9. The van der Waals surface area contributed by atoms with Crippen molar-refractivity contribution in [2.75, 3.05) is 11.9 Å². The number of amides is 4. The molecule has 0 bridgehead atoms. The molecular formula is C18H12Cl2FN3O3. The van der Waals surface area contributed by atoms with E-state index in [-0.39, 0.29) is 11.4 Å². The summed E-state index contributed by atoms with van der Waals surface area (Å²) in [4.78, 5) is 37.2. The molecule has 0 atom stereocenters. The lowest BCUT2D eigenvalue weighted by Gasteiger charge is -2.12. The fourth-order valence-corrected chi connectivity index (χ4v) is 2.69. The normalized spacial score (nSPS) is 15.2. The summed E-state index contributed by atoms with van der Waals surface area (Å²) in [6.07, 6.45) is 1.41. The number of halogens is 3. The van der Waals surface area contributed by atoms with Crippen LogP contribution in [0.5, 0.6) is 0 Å². The highest BCUT2D eigenvalue weighted by molar-refractivity contribution is 6.42. The number of rotatable bonds is 4. The van der Waals surface area contributed by atoms with E-state index in [1.165, 1.54) is 30.3 Å². The zero-order valence-corrected chi connectivity index (χ0v) is 15.1. The van der Waals surface area contributed by atoms with E-state index >= 15 is 0 Å². The summed E-state index contributed by atoms with van der Waals surface area (Å²) in [5.74, 6) is -2.02. The number of carbonyl (C=O) groups excluding carboxylic acids is 3. The molecule has 138 valence electrons. The number of nitrogens with zero attached hydrogens (tertiary/aromatic N) is 1. The average molecular weight is 408 g/mol. The molecule has 2 N–H and O–H groups in total. The Balaban J connectivity index is 1.72.